The van der Waals surface area contributed by atoms with Gasteiger partial charge >= 0.3 is 7.60 Å². The van der Waals surface area contributed by atoms with Gasteiger partial charge in [-0.2, -0.15) is 0 Å². The maximum Gasteiger partial charge on any atom is 0.358 e. The molecule has 6 heteroatoms. The summed E-state index contributed by atoms with van der Waals surface area (Å²) in [6, 6.07) is 0. The first-order valence-corrected chi connectivity index (χ1v) is 5.96. The summed E-state index contributed by atoms with van der Waals surface area (Å²) in [6.07, 6.45) is 2.40. The Morgan fingerprint density at radius 3 is 2.23 bits per heavy atom. The highest BCUT2D eigenvalue weighted by molar-refractivity contribution is 7.53. The number of hydrogen-bond donors (Lipinski definition) is 4. The molecule has 13 heavy (non-hydrogen) atoms. The van der Waals surface area contributed by atoms with Crippen molar-refractivity contribution in [3.8, 4) is 0 Å². The van der Waals surface area contributed by atoms with Gasteiger partial charge in [-0.3, -0.25) is 4.57 Å². The van der Waals surface area contributed by atoms with E-state index in [2.05, 4.69) is 0 Å². The van der Waals surface area contributed by atoms with Crippen LogP contribution in [-0.2, 0) is 4.57 Å². The summed E-state index contributed by atoms with van der Waals surface area (Å²) in [5.41, 5.74) is 5.13. The average Bonchev–Trinajstić information content (AvgIpc) is 2.02. The van der Waals surface area contributed by atoms with Crippen LogP contribution in [-0.4, -0.2) is 26.8 Å². The average molecular weight is 211 g/mol. The SMILES string of the molecule is CCCCCC(O)(CN)P(=O)(O)O. The number of nitrogens with two attached hydrogens (primary N) is 1. The monoisotopic (exact) mass is 211 g/mol. The van der Waals surface area contributed by atoms with Crippen LogP contribution < -0.4 is 5.73 Å². The molecule has 0 fully saturated rings. The second kappa shape index (κ2) is 5.08. The summed E-state index contributed by atoms with van der Waals surface area (Å²) < 4.78 is 10.8. The zero-order chi connectivity index (χ0) is 10.5. The zero-order valence-corrected chi connectivity index (χ0v) is 8.70. The van der Waals surface area contributed by atoms with E-state index in [0.29, 0.717) is 6.42 Å². The van der Waals surface area contributed by atoms with Crippen molar-refractivity contribution in [1.82, 2.24) is 0 Å². The molecule has 80 valence electrons. The molecular formula is C7H18NO4P. The van der Waals surface area contributed by atoms with E-state index in [1.54, 1.807) is 0 Å². The molecule has 0 aromatic carbocycles. The van der Waals surface area contributed by atoms with Crippen LogP contribution in [0.5, 0.6) is 0 Å². The fraction of sp³-hybridized carbons (Fsp3) is 1.00. The van der Waals surface area contributed by atoms with Gasteiger partial charge in [0.25, 0.3) is 0 Å². The van der Waals surface area contributed by atoms with Crippen molar-refractivity contribution in [3.05, 3.63) is 0 Å². The summed E-state index contributed by atoms with van der Waals surface area (Å²) in [5.74, 6) is 0. The first-order chi connectivity index (χ1) is 5.87. The molecule has 0 aromatic rings. The third-order valence-electron chi connectivity index (χ3n) is 2.05. The molecule has 0 aromatic heterocycles. The Bertz CT molecular complexity index is 193. The molecule has 5 nitrogen and oxygen atoms in total. The Labute approximate surface area is 78.1 Å². The van der Waals surface area contributed by atoms with Gasteiger partial charge in [0.1, 0.15) is 0 Å². The zero-order valence-electron chi connectivity index (χ0n) is 7.81. The molecule has 0 bridgehead atoms. The molecule has 1 unspecified atom stereocenters. The Balaban J connectivity index is 4.21. The third kappa shape index (κ3) is 3.75. The number of hydrogen-bond acceptors (Lipinski definition) is 3. The van der Waals surface area contributed by atoms with E-state index < -0.39 is 19.5 Å². The van der Waals surface area contributed by atoms with Crippen molar-refractivity contribution in [3.63, 3.8) is 0 Å². The minimum atomic E-state index is -4.50. The van der Waals surface area contributed by atoms with E-state index in [-0.39, 0.29) is 6.42 Å². The van der Waals surface area contributed by atoms with E-state index in [1.807, 2.05) is 6.92 Å². The van der Waals surface area contributed by atoms with Crippen molar-refractivity contribution in [1.29, 1.82) is 0 Å². The van der Waals surface area contributed by atoms with Gasteiger partial charge in [-0.1, -0.05) is 19.8 Å². The van der Waals surface area contributed by atoms with E-state index in [4.69, 9.17) is 15.5 Å². The van der Waals surface area contributed by atoms with Gasteiger partial charge in [-0.05, 0) is 12.8 Å². The normalized spacial score (nSPS) is 17.0. The molecule has 0 radical (unpaired) electrons. The van der Waals surface area contributed by atoms with E-state index in [9.17, 15) is 9.67 Å². The predicted molar refractivity (Wildman–Crippen MR) is 50.2 cm³/mol. The number of rotatable bonds is 6. The van der Waals surface area contributed by atoms with Crippen LogP contribution in [0.2, 0.25) is 0 Å². The molecule has 0 aliphatic rings. The van der Waals surface area contributed by atoms with Gasteiger partial charge in [-0.15, -0.1) is 0 Å². The lowest BCUT2D eigenvalue weighted by molar-refractivity contribution is 0.0875. The third-order valence-corrected chi connectivity index (χ3v) is 3.54. The summed E-state index contributed by atoms with van der Waals surface area (Å²) in [6.45, 7) is 1.57. The fourth-order valence-corrected chi connectivity index (χ4v) is 1.71. The smallest absolute Gasteiger partial charge is 0.358 e. The summed E-state index contributed by atoms with van der Waals surface area (Å²) in [5, 5.41) is 7.47. The fourth-order valence-electron chi connectivity index (χ4n) is 1.02. The van der Waals surface area contributed by atoms with Crippen LogP contribution in [0.4, 0.5) is 0 Å². The summed E-state index contributed by atoms with van der Waals surface area (Å²) in [4.78, 5) is 17.6. The van der Waals surface area contributed by atoms with Crippen LogP contribution >= 0.6 is 7.60 Å². The summed E-state index contributed by atoms with van der Waals surface area (Å²) in [7, 11) is -4.50. The minimum absolute atomic E-state index is 0.0572. The van der Waals surface area contributed by atoms with Gasteiger partial charge in [0, 0.05) is 6.54 Å². The van der Waals surface area contributed by atoms with Gasteiger partial charge in [0.2, 0.25) is 0 Å². The Hall–Kier alpha value is 0.0700. The van der Waals surface area contributed by atoms with Crippen molar-refractivity contribution in [2.45, 2.75) is 37.9 Å². The molecule has 0 spiro atoms. The van der Waals surface area contributed by atoms with Crippen LogP contribution in [0.1, 0.15) is 32.6 Å². The van der Waals surface area contributed by atoms with E-state index in [0.717, 1.165) is 12.8 Å². The number of aliphatic hydroxyl groups is 1. The van der Waals surface area contributed by atoms with Crippen molar-refractivity contribution in [2.75, 3.05) is 6.54 Å². The Kier molecular flexibility index (Phi) is 5.10. The van der Waals surface area contributed by atoms with Gasteiger partial charge in [0.05, 0.1) is 0 Å². The highest BCUT2D eigenvalue weighted by Gasteiger charge is 2.43. The second-order valence-corrected chi connectivity index (χ2v) is 5.11. The standard InChI is InChI=1S/C7H18NO4P/c1-2-3-4-5-7(9,6-8)13(10,11)12/h9H,2-6,8H2,1H3,(H2,10,11,12). The second-order valence-electron chi connectivity index (χ2n) is 3.19. The maximum atomic E-state index is 10.8. The first-order valence-electron chi connectivity index (χ1n) is 4.35. The van der Waals surface area contributed by atoms with E-state index in [1.165, 1.54) is 0 Å². The van der Waals surface area contributed by atoms with Crippen LogP contribution in [0.15, 0.2) is 0 Å². The first kappa shape index (κ1) is 13.1. The molecule has 1 atom stereocenters. The molecule has 0 saturated heterocycles. The number of unbranched alkanes of at least 4 members (excludes halogenated alkanes) is 2. The lowest BCUT2D eigenvalue weighted by Gasteiger charge is -2.27. The Morgan fingerprint density at radius 2 is 1.92 bits per heavy atom. The largest absolute Gasteiger partial charge is 0.376 e. The molecule has 0 rings (SSSR count). The lowest BCUT2D eigenvalue weighted by Crippen LogP contribution is -2.37. The predicted octanol–water partition coefficient (Wildman–Crippen LogP) is 0.392. The van der Waals surface area contributed by atoms with Crippen LogP contribution in [0.3, 0.4) is 0 Å². The molecule has 5 N–H and O–H groups in total. The van der Waals surface area contributed by atoms with Gasteiger partial charge in [-0.25, -0.2) is 0 Å². The van der Waals surface area contributed by atoms with Crippen molar-refractivity contribution in [2.24, 2.45) is 5.73 Å². The van der Waals surface area contributed by atoms with Gasteiger partial charge < -0.3 is 20.6 Å². The highest BCUT2D eigenvalue weighted by atomic mass is 31.2. The highest BCUT2D eigenvalue weighted by Crippen LogP contribution is 2.50. The molecule has 0 aliphatic carbocycles. The van der Waals surface area contributed by atoms with Crippen molar-refractivity contribution < 1.29 is 19.5 Å². The molecular weight excluding hydrogens is 193 g/mol. The molecule has 0 aliphatic heterocycles. The maximum absolute atomic E-state index is 10.8. The molecule has 0 amide bonds. The summed E-state index contributed by atoms with van der Waals surface area (Å²) >= 11 is 0. The molecule has 0 saturated carbocycles. The Morgan fingerprint density at radius 1 is 1.38 bits per heavy atom. The van der Waals surface area contributed by atoms with Crippen molar-refractivity contribution >= 4 is 7.60 Å². The quantitative estimate of drug-likeness (QED) is 0.376. The topological polar surface area (TPSA) is 104 Å². The lowest BCUT2D eigenvalue weighted by atomic mass is 10.1. The van der Waals surface area contributed by atoms with Crippen LogP contribution in [0.25, 0.3) is 0 Å². The van der Waals surface area contributed by atoms with E-state index >= 15 is 0 Å². The van der Waals surface area contributed by atoms with Crippen LogP contribution in [0, 0.1) is 0 Å². The molecule has 0 heterocycles. The van der Waals surface area contributed by atoms with Gasteiger partial charge in [0.15, 0.2) is 5.34 Å². The minimum Gasteiger partial charge on any atom is -0.376 e.